The van der Waals surface area contributed by atoms with Gasteiger partial charge in [0, 0.05) is 13.0 Å². The fourth-order valence-corrected chi connectivity index (χ4v) is 2.52. The van der Waals surface area contributed by atoms with Gasteiger partial charge in [-0.2, -0.15) is 0 Å². The number of carboxylic acid groups (broad SMARTS) is 1. The van der Waals surface area contributed by atoms with Crippen molar-refractivity contribution in [3.63, 3.8) is 0 Å². The molecular formula is C16H23NO3. The number of hydrogen-bond donors (Lipinski definition) is 1. The van der Waals surface area contributed by atoms with Crippen molar-refractivity contribution in [1.29, 1.82) is 0 Å². The van der Waals surface area contributed by atoms with E-state index in [2.05, 4.69) is 17.0 Å². The second-order valence-electron chi connectivity index (χ2n) is 5.33. The lowest BCUT2D eigenvalue weighted by atomic mass is 10.1. The maximum absolute atomic E-state index is 10.4. The van der Waals surface area contributed by atoms with Gasteiger partial charge in [-0.15, -0.1) is 0 Å². The van der Waals surface area contributed by atoms with Crippen LogP contribution in [-0.2, 0) is 11.3 Å². The summed E-state index contributed by atoms with van der Waals surface area (Å²) in [5, 5.41) is 8.58. The second-order valence-corrected chi connectivity index (χ2v) is 5.33. The van der Waals surface area contributed by atoms with Crippen molar-refractivity contribution in [1.82, 2.24) is 4.90 Å². The van der Waals surface area contributed by atoms with Crippen molar-refractivity contribution < 1.29 is 14.6 Å². The molecule has 0 atom stereocenters. The van der Waals surface area contributed by atoms with Gasteiger partial charge in [0.05, 0.1) is 6.61 Å². The number of hydrogen-bond acceptors (Lipinski definition) is 3. The first kappa shape index (κ1) is 14.9. The summed E-state index contributed by atoms with van der Waals surface area (Å²) < 4.78 is 5.60. The molecule has 0 spiro atoms. The number of rotatable bonds is 7. The second kappa shape index (κ2) is 7.90. The first-order chi connectivity index (χ1) is 9.74. The number of nitrogens with zero attached hydrogens (tertiary/aromatic N) is 1. The Morgan fingerprint density at radius 2 is 2.05 bits per heavy atom. The normalized spacial score (nSPS) is 16.0. The van der Waals surface area contributed by atoms with Crippen LogP contribution >= 0.6 is 0 Å². The van der Waals surface area contributed by atoms with Gasteiger partial charge in [0.15, 0.2) is 0 Å². The molecule has 0 saturated carbocycles. The molecule has 1 aromatic carbocycles. The molecule has 0 unspecified atom stereocenters. The van der Waals surface area contributed by atoms with Crippen LogP contribution in [0.1, 0.15) is 37.7 Å². The van der Waals surface area contributed by atoms with Gasteiger partial charge in [-0.05, 0) is 50.0 Å². The minimum atomic E-state index is -0.771. The Bertz CT molecular complexity index is 427. The molecule has 1 aliphatic rings. The lowest BCUT2D eigenvalue weighted by Gasteiger charge is -2.26. The molecule has 0 amide bonds. The van der Waals surface area contributed by atoms with E-state index in [1.54, 1.807) is 0 Å². The van der Waals surface area contributed by atoms with E-state index in [1.807, 2.05) is 12.1 Å². The Hall–Kier alpha value is -1.55. The third kappa shape index (κ3) is 5.21. The predicted molar refractivity (Wildman–Crippen MR) is 77.9 cm³/mol. The van der Waals surface area contributed by atoms with Crippen molar-refractivity contribution in [2.24, 2.45) is 0 Å². The summed E-state index contributed by atoms with van der Waals surface area (Å²) in [6, 6.07) is 8.13. The lowest BCUT2D eigenvalue weighted by Crippen LogP contribution is -2.29. The van der Waals surface area contributed by atoms with E-state index in [9.17, 15) is 4.79 Å². The number of carboxylic acids is 1. The average Bonchev–Trinajstić information content (AvgIpc) is 2.45. The monoisotopic (exact) mass is 277 g/mol. The highest BCUT2D eigenvalue weighted by molar-refractivity contribution is 5.66. The van der Waals surface area contributed by atoms with Crippen molar-refractivity contribution in [2.45, 2.75) is 38.6 Å². The lowest BCUT2D eigenvalue weighted by molar-refractivity contribution is -0.137. The minimum Gasteiger partial charge on any atom is -0.494 e. The van der Waals surface area contributed by atoms with E-state index in [4.69, 9.17) is 9.84 Å². The van der Waals surface area contributed by atoms with Crippen LogP contribution < -0.4 is 4.74 Å². The highest BCUT2D eigenvalue weighted by atomic mass is 16.5. The molecule has 1 N–H and O–H groups in total. The van der Waals surface area contributed by atoms with E-state index in [1.165, 1.54) is 37.9 Å². The Balaban J connectivity index is 1.79. The van der Waals surface area contributed by atoms with Crippen LogP contribution in [0.25, 0.3) is 0 Å². The molecule has 1 saturated heterocycles. The predicted octanol–water partition coefficient (Wildman–Crippen LogP) is 2.92. The molecule has 4 heteroatoms. The topological polar surface area (TPSA) is 49.8 Å². The number of carbonyl (C=O) groups is 1. The van der Waals surface area contributed by atoms with Gasteiger partial charge in [-0.25, -0.2) is 0 Å². The third-order valence-electron chi connectivity index (χ3n) is 3.56. The molecule has 1 aromatic rings. The zero-order valence-electron chi connectivity index (χ0n) is 11.9. The summed E-state index contributed by atoms with van der Waals surface area (Å²) in [6.07, 6.45) is 4.65. The molecule has 1 aliphatic heterocycles. The number of aliphatic carboxylic acids is 1. The maximum Gasteiger partial charge on any atom is 0.303 e. The Labute approximate surface area is 120 Å². The van der Waals surface area contributed by atoms with E-state index >= 15 is 0 Å². The molecule has 0 aliphatic carbocycles. The average molecular weight is 277 g/mol. The minimum absolute atomic E-state index is 0.160. The van der Waals surface area contributed by atoms with E-state index in [0.29, 0.717) is 13.0 Å². The van der Waals surface area contributed by atoms with Crippen LogP contribution in [0, 0.1) is 0 Å². The summed E-state index contributed by atoms with van der Waals surface area (Å²) in [5.41, 5.74) is 1.27. The highest BCUT2D eigenvalue weighted by Gasteiger charge is 2.10. The number of ether oxygens (including phenoxy) is 1. The summed E-state index contributed by atoms with van der Waals surface area (Å²) in [5.74, 6) is 0.0670. The molecule has 1 heterocycles. The molecule has 0 radical (unpaired) electrons. The van der Waals surface area contributed by atoms with Crippen LogP contribution in [-0.4, -0.2) is 35.7 Å². The van der Waals surface area contributed by atoms with Gasteiger partial charge < -0.3 is 9.84 Å². The van der Waals surface area contributed by atoms with Crippen LogP contribution in [0.2, 0.25) is 0 Å². The summed E-state index contributed by atoms with van der Waals surface area (Å²) in [6.45, 7) is 3.80. The molecule has 1 fully saturated rings. The number of piperidine rings is 1. The quantitative estimate of drug-likeness (QED) is 0.779. The largest absolute Gasteiger partial charge is 0.494 e. The van der Waals surface area contributed by atoms with Crippen LogP contribution in [0.4, 0.5) is 0 Å². The smallest absolute Gasteiger partial charge is 0.303 e. The molecule has 4 nitrogen and oxygen atoms in total. The van der Waals surface area contributed by atoms with Gasteiger partial charge in [-0.3, -0.25) is 9.69 Å². The van der Waals surface area contributed by atoms with Crippen molar-refractivity contribution in [3.05, 3.63) is 29.8 Å². The standard InChI is InChI=1S/C16H23NO3/c18-16(19)8-5-11-20-15-7-4-6-14(12-15)13-17-9-2-1-3-10-17/h4,6-7,12H,1-3,5,8-11,13H2,(H,18,19). The molecule has 0 aromatic heterocycles. The van der Waals surface area contributed by atoms with E-state index in [-0.39, 0.29) is 6.42 Å². The fourth-order valence-electron chi connectivity index (χ4n) is 2.52. The van der Waals surface area contributed by atoms with Gasteiger partial charge in [-0.1, -0.05) is 18.6 Å². The molecule has 2 rings (SSSR count). The van der Waals surface area contributed by atoms with E-state index in [0.717, 1.165) is 12.3 Å². The van der Waals surface area contributed by atoms with Gasteiger partial charge in [0.1, 0.15) is 5.75 Å². The summed E-state index contributed by atoms with van der Waals surface area (Å²) in [4.78, 5) is 12.9. The zero-order valence-corrected chi connectivity index (χ0v) is 11.9. The van der Waals surface area contributed by atoms with E-state index < -0.39 is 5.97 Å². The summed E-state index contributed by atoms with van der Waals surface area (Å²) in [7, 11) is 0. The van der Waals surface area contributed by atoms with Gasteiger partial charge in [0.25, 0.3) is 0 Å². The SMILES string of the molecule is O=C(O)CCCOc1cccc(CN2CCCCC2)c1. The van der Waals surface area contributed by atoms with Crippen LogP contribution in [0.5, 0.6) is 5.75 Å². The van der Waals surface area contributed by atoms with Crippen molar-refractivity contribution >= 4 is 5.97 Å². The molecular weight excluding hydrogens is 254 g/mol. The maximum atomic E-state index is 10.4. The van der Waals surface area contributed by atoms with Crippen molar-refractivity contribution in [2.75, 3.05) is 19.7 Å². The Morgan fingerprint density at radius 3 is 2.80 bits per heavy atom. The zero-order chi connectivity index (χ0) is 14.2. The Kier molecular flexibility index (Phi) is 5.87. The molecule has 0 bridgehead atoms. The molecule has 110 valence electrons. The first-order valence-corrected chi connectivity index (χ1v) is 7.40. The first-order valence-electron chi connectivity index (χ1n) is 7.40. The number of benzene rings is 1. The number of likely N-dealkylation sites (tertiary alicyclic amines) is 1. The highest BCUT2D eigenvalue weighted by Crippen LogP contribution is 2.17. The van der Waals surface area contributed by atoms with Gasteiger partial charge >= 0.3 is 5.97 Å². The Morgan fingerprint density at radius 1 is 1.25 bits per heavy atom. The molecule has 20 heavy (non-hydrogen) atoms. The van der Waals surface area contributed by atoms with Crippen LogP contribution in [0.3, 0.4) is 0 Å². The summed E-state index contributed by atoms with van der Waals surface area (Å²) >= 11 is 0. The van der Waals surface area contributed by atoms with Crippen molar-refractivity contribution in [3.8, 4) is 5.75 Å². The third-order valence-corrected chi connectivity index (χ3v) is 3.56. The van der Waals surface area contributed by atoms with Crippen LogP contribution in [0.15, 0.2) is 24.3 Å². The van der Waals surface area contributed by atoms with Gasteiger partial charge in [0.2, 0.25) is 0 Å². The fraction of sp³-hybridized carbons (Fsp3) is 0.562.